The van der Waals surface area contributed by atoms with E-state index < -0.39 is 21.7 Å². The number of fused-ring (bicyclic) bond motifs is 1. The number of hydrogen-bond acceptors (Lipinski definition) is 6. The Kier molecular flexibility index (Phi) is 6.93. The predicted molar refractivity (Wildman–Crippen MR) is 135 cm³/mol. The molecule has 12 heteroatoms. The van der Waals surface area contributed by atoms with E-state index in [4.69, 9.17) is 28.9 Å². The van der Waals surface area contributed by atoms with E-state index in [0.717, 1.165) is 12.5 Å². The number of anilines is 1. The fourth-order valence-corrected chi connectivity index (χ4v) is 6.48. The van der Waals surface area contributed by atoms with Crippen LogP contribution in [-0.4, -0.2) is 55.6 Å². The Bertz CT molecular complexity index is 1250. The third-order valence-corrected chi connectivity index (χ3v) is 9.18. The second-order valence-corrected chi connectivity index (χ2v) is 11.4. The van der Waals surface area contributed by atoms with Crippen LogP contribution in [0.15, 0.2) is 58.3 Å². The van der Waals surface area contributed by atoms with Gasteiger partial charge in [0.25, 0.3) is 5.91 Å². The van der Waals surface area contributed by atoms with Crippen molar-refractivity contribution in [2.24, 2.45) is 5.92 Å². The van der Waals surface area contributed by atoms with Gasteiger partial charge < -0.3 is 16.0 Å². The molecule has 1 saturated heterocycles. The first-order valence-electron chi connectivity index (χ1n) is 11.1. The number of hydrogen-bond donors (Lipinski definition) is 3. The van der Waals surface area contributed by atoms with Crippen LogP contribution in [0.25, 0.3) is 0 Å². The standard InChI is InChI=1S/C23H27Cl2N5O4S/c1-14(31)28-35(33,34)30-10-8-23(9-11-30,15-4-3-5-16(26)12-15)27-22(32)20-13-17-19(29(20)2)7-6-18(24)21(17)25/h3-7,12-13,17,19H,8-11,26H2,1-2H3,(H,27,32)(H,28,31). The van der Waals surface area contributed by atoms with Gasteiger partial charge in [0.15, 0.2) is 0 Å². The van der Waals surface area contributed by atoms with Gasteiger partial charge in [-0.25, -0.2) is 4.72 Å². The summed E-state index contributed by atoms with van der Waals surface area (Å²) in [5.41, 5.74) is 6.93. The molecule has 0 radical (unpaired) electrons. The van der Waals surface area contributed by atoms with Crippen molar-refractivity contribution >= 4 is 50.9 Å². The number of halogens is 2. The highest BCUT2D eigenvalue weighted by molar-refractivity contribution is 7.87. The molecule has 1 fully saturated rings. The lowest BCUT2D eigenvalue weighted by atomic mass is 9.81. The van der Waals surface area contributed by atoms with Gasteiger partial charge in [-0.2, -0.15) is 12.7 Å². The molecule has 188 valence electrons. The molecule has 4 rings (SSSR count). The highest BCUT2D eigenvalue weighted by Crippen LogP contribution is 2.41. The maximum absolute atomic E-state index is 13.6. The van der Waals surface area contributed by atoms with Crippen molar-refractivity contribution in [2.75, 3.05) is 25.9 Å². The van der Waals surface area contributed by atoms with E-state index in [0.29, 0.717) is 21.4 Å². The fourth-order valence-electron chi connectivity index (χ4n) is 4.88. The van der Waals surface area contributed by atoms with Crippen molar-refractivity contribution in [1.82, 2.24) is 19.2 Å². The summed E-state index contributed by atoms with van der Waals surface area (Å²) < 4.78 is 28.2. The molecular formula is C23H27Cl2N5O4S. The molecule has 0 saturated carbocycles. The Hall–Kier alpha value is -2.53. The topological polar surface area (TPSA) is 125 Å². The second-order valence-electron chi connectivity index (χ2n) is 8.96. The normalized spacial score (nSPS) is 24.1. The Morgan fingerprint density at radius 2 is 1.89 bits per heavy atom. The van der Waals surface area contributed by atoms with Gasteiger partial charge >= 0.3 is 10.2 Å². The number of benzene rings is 1. The summed E-state index contributed by atoms with van der Waals surface area (Å²) in [6.07, 6.45) is 6.02. The molecule has 2 aliphatic heterocycles. The van der Waals surface area contributed by atoms with Crippen molar-refractivity contribution in [3.8, 4) is 0 Å². The van der Waals surface area contributed by atoms with Crippen LogP contribution in [0.5, 0.6) is 0 Å². The lowest BCUT2D eigenvalue weighted by Gasteiger charge is -2.42. The van der Waals surface area contributed by atoms with Crippen LogP contribution in [0.4, 0.5) is 5.69 Å². The molecule has 35 heavy (non-hydrogen) atoms. The molecule has 3 aliphatic rings. The average Bonchev–Trinajstić information content (AvgIpc) is 3.13. The largest absolute Gasteiger partial charge is 0.399 e. The number of carbonyl (C=O) groups excluding carboxylic acids is 2. The monoisotopic (exact) mass is 539 g/mol. The summed E-state index contributed by atoms with van der Waals surface area (Å²) in [5.74, 6) is -1.20. The SMILES string of the molecule is CC(=O)NS(=O)(=O)N1CCC(NC(=O)C2=CC3C(Cl)=C(Cl)C=CC3N2C)(c2cccc(N)c2)CC1. The number of likely N-dealkylation sites (N-methyl/N-ethyl adjacent to an activating group) is 1. The number of nitrogens with one attached hydrogen (secondary N) is 2. The molecule has 2 amide bonds. The smallest absolute Gasteiger partial charge is 0.303 e. The van der Waals surface area contributed by atoms with Crippen LogP contribution in [0.2, 0.25) is 0 Å². The molecule has 0 aromatic heterocycles. The zero-order valence-corrected chi connectivity index (χ0v) is 21.6. The van der Waals surface area contributed by atoms with E-state index in [9.17, 15) is 18.0 Å². The van der Waals surface area contributed by atoms with Crippen molar-refractivity contribution in [1.29, 1.82) is 0 Å². The zero-order chi connectivity index (χ0) is 25.5. The van der Waals surface area contributed by atoms with Gasteiger partial charge in [0.05, 0.1) is 22.3 Å². The van der Waals surface area contributed by atoms with Gasteiger partial charge in [-0.3, -0.25) is 9.59 Å². The summed E-state index contributed by atoms with van der Waals surface area (Å²) in [4.78, 5) is 26.8. The van der Waals surface area contributed by atoms with E-state index in [-0.39, 0.29) is 43.8 Å². The molecule has 1 aromatic rings. The van der Waals surface area contributed by atoms with Gasteiger partial charge in [-0.1, -0.05) is 41.4 Å². The first kappa shape index (κ1) is 25.6. The number of piperidine rings is 1. The molecule has 0 spiro atoms. The Morgan fingerprint density at radius 1 is 1.20 bits per heavy atom. The highest BCUT2D eigenvalue weighted by atomic mass is 35.5. The second kappa shape index (κ2) is 9.50. The van der Waals surface area contributed by atoms with Crippen LogP contribution < -0.4 is 15.8 Å². The fraction of sp³-hybridized carbons (Fsp3) is 0.391. The van der Waals surface area contributed by atoms with Crippen LogP contribution in [0, 0.1) is 5.92 Å². The van der Waals surface area contributed by atoms with E-state index in [1.807, 2.05) is 28.8 Å². The maximum atomic E-state index is 13.6. The van der Waals surface area contributed by atoms with Crippen LogP contribution in [0.1, 0.15) is 25.3 Å². The molecule has 2 atom stereocenters. The molecule has 1 aromatic carbocycles. The molecule has 9 nitrogen and oxygen atoms in total. The van der Waals surface area contributed by atoms with Crippen LogP contribution >= 0.6 is 23.2 Å². The van der Waals surface area contributed by atoms with Crippen molar-refractivity contribution < 1.29 is 18.0 Å². The Balaban J connectivity index is 1.61. The lowest BCUT2D eigenvalue weighted by molar-refractivity contribution is -0.121. The molecular weight excluding hydrogens is 513 g/mol. The Labute approximate surface area is 214 Å². The van der Waals surface area contributed by atoms with Gasteiger partial charge in [0.1, 0.15) is 0 Å². The van der Waals surface area contributed by atoms with E-state index in [1.54, 1.807) is 30.4 Å². The van der Waals surface area contributed by atoms with Crippen molar-refractivity contribution in [3.05, 3.63) is 63.8 Å². The predicted octanol–water partition coefficient (Wildman–Crippen LogP) is 2.13. The molecule has 2 heterocycles. The van der Waals surface area contributed by atoms with E-state index in [1.165, 1.54) is 4.31 Å². The van der Waals surface area contributed by atoms with Gasteiger partial charge in [0.2, 0.25) is 5.91 Å². The number of carbonyl (C=O) groups is 2. The number of nitrogen functional groups attached to an aromatic ring is 1. The van der Waals surface area contributed by atoms with Gasteiger partial charge in [0, 0.05) is 43.7 Å². The number of nitrogens with zero attached hydrogens (tertiary/aromatic N) is 2. The first-order chi connectivity index (χ1) is 16.4. The Morgan fingerprint density at radius 3 is 2.51 bits per heavy atom. The first-order valence-corrected chi connectivity index (χ1v) is 13.3. The minimum Gasteiger partial charge on any atom is -0.399 e. The molecule has 2 unspecified atom stereocenters. The number of allylic oxidation sites excluding steroid dienone is 2. The third-order valence-electron chi connectivity index (χ3n) is 6.71. The number of amides is 2. The molecule has 1 aliphatic carbocycles. The molecule has 0 bridgehead atoms. The van der Waals surface area contributed by atoms with E-state index in [2.05, 4.69) is 5.32 Å². The maximum Gasteiger partial charge on any atom is 0.303 e. The number of rotatable bonds is 5. The highest BCUT2D eigenvalue weighted by Gasteiger charge is 2.44. The van der Waals surface area contributed by atoms with E-state index >= 15 is 0 Å². The minimum absolute atomic E-state index is 0.102. The van der Waals surface area contributed by atoms with Gasteiger partial charge in [-0.05, 0) is 42.7 Å². The average molecular weight is 540 g/mol. The van der Waals surface area contributed by atoms with Crippen LogP contribution in [-0.2, 0) is 25.3 Å². The number of nitrogens with two attached hydrogens (primary N) is 1. The summed E-state index contributed by atoms with van der Waals surface area (Å²) in [7, 11) is -2.15. The summed E-state index contributed by atoms with van der Waals surface area (Å²) >= 11 is 12.6. The van der Waals surface area contributed by atoms with Crippen molar-refractivity contribution in [3.63, 3.8) is 0 Å². The molecule has 4 N–H and O–H groups in total. The zero-order valence-electron chi connectivity index (χ0n) is 19.3. The minimum atomic E-state index is -3.96. The summed E-state index contributed by atoms with van der Waals surface area (Å²) in [6, 6.07) is 7.07. The summed E-state index contributed by atoms with van der Waals surface area (Å²) in [6.45, 7) is 1.35. The van der Waals surface area contributed by atoms with Crippen LogP contribution in [0.3, 0.4) is 0 Å². The van der Waals surface area contributed by atoms with Gasteiger partial charge in [-0.15, -0.1) is 0 Å². The lowest BCUT2D eigenvalue weighted by Crippen LogP contribution is -2.56. The van der Waals surface area contributed by atoms with Crippen molar-refractivity contribution in [2.45, 2.75) is 31.3 Å². The quantitative estimate of drug-likeness (QED) is 0.492. The third kappa shape index (κ3) is 4.93. The summed E-state index contributed by atoms with van der Waals surface area (Å²) in [5, 5.41) is 4.10.